The van der Waals surface area contributed by atoms with Gasteiger partial charge < -0.3 is 9.74 Å². The van der Waals surface area contributed by atoms with E-state index < -0.39 is 0 Å². The highest BCUT2D eigenvalue weighted by atomic mass is 16.6. The highest BCUT2D eigenvalue weighted by Crippen LogP contribution is 2.29. The maximum atomic E-state index is 13.4. The zero-order valence-corrected chi connectivity index (χ0v) is 15.8. The molecule has 4 heteroatoms. The number of rotatable bonds is 2. The van der Waals surface area contributed by atoms with E-state index in [0.717, 1.165) is 28.9 Å². The van der Waals surface area contributed by atoms with E-state index in [1.54, 1.807) is 4.90 Å². The van der Waals surface area contributed by atoms with E-state index in [9.17, 15) is 4.79 Å². The maximum absolute atomic E-state index is 13.4. The van der Waals surface area contributed by atoms with Crippen LogP contribution in [0.25, 0.3) is 0 Å². The van der Waals surface area contributed by atoms with Crippen molar-refractivity contribution in [2.24, 2.45) is 10.6 Å². The van der Waals surface area contributed by atoms with Gasteiger partial charge in [0.1, 0.15) is 0 Å². The molecule has 4 nitrogen and oxygen atoms in total. The summed E-state index contributed by atoms with van der Waals surface area (Å²) in [6.07, 6.45) is 0.568. The van der Waals surface area contributed by atoms with Crippen LogP contribution in [0.15, 0.2) is 53.7 Å². The summed E-state index contributed by atoms with van der Waals surface area (Å²) in [7, 11) is 0. The lowest BCUT2D eigenvalue weighted by Gasteiger charge is -2.27. The Balaban J connectivity index is 1.70. The summed E-state index contributed by atoms with van der Waals surface area (Å²) in [5, 5.41) is 4.27. The van der Waals surface area contributed by atoms with Gasteiger partial charge in [0, 0.05) is 23.0 Å². The standard InChI is InChI=1S/C23H22N2O2/c1-23(2,3)21-14-18(27-24-21)15-25-20-11-7-5-9-17(20)13-12-16-8-4-6-10-19(16)22(25)26/h4-11,18H,14-15H2,1-3H3. The van der Waals surface area contributed by atoms with Gasteiger partial charge in [0.2, 0.25) is 0 Å². The Hall–Kier alpha value is -3.06. The number of fused-ring (bicyclic) bond motifs is 2. The van der Waals surface area contributed by atoms with Crippen molar-refractivity contribution >= 4 is 17.3 Å². The molecule has 2 aliphatic rings. The molecular formula is C23H22N2O2. The summed E-state index contributed by atoms with van der Waals surface area (Å²) in [4.78, 5) is 20.8. The van der Waals surface area contributed by atoms with E-state index >= 15 is 0 Å². The molecule has 2 aliphatic heterocycles. The fourth-order valence-electron chi connectivity index (χ4n) is 3.34. The largest absolute Gasteiger partial charge is 0.390 e. The third-order valence-corrected chi connectivity index (χ3v) is 4.91. The van der Waals surface area contributed by atoms with Crippen LogP contribution in [0.5, 0.6) is 0 Å². The molecule has 2 aromatic rings. The zero-order valence-electron chi connectivity index (χ0n) is 15.8. The number of hydrogen-bond acceptors (Lipinski definition) is 3. The second-order valence-electron chi connectivity index (χ2n) is 7.95. The van der Waals surface area contributed by atoms with Crippen molar-refractivity contribution in [2.75, 3.05) is 11.4 Å². The molecule has 0 saturated carbocycles. The normalized spacial score (nSPS) is 18.3. The van der Waals surface area contributed by atoms with E-state index in [2.05, 4.69) is 37.8 Å². The van der Waals surface area contributed by atoms with Gasteiger partial charge in [-0.1, -0.05) is 62.0 Å². The first-order valence-electron chi connectivity index (χ1n) is 9.18. The molecule has 0 aromatic heterocycles. The number of carbonyl (C=O) groups excluding carboxylic acids is 1. The molecule has 0 N–H and O–H groups in total. The molecule has 1 amide bonds. The van der Waals surface area contributed by atoms with Gasteiger partial charge in [-0.15, -0.1) is 0 Å². The molecular weight excluding hydrogens is 336 g/mol. The van der Waals surface area contributed by atoms with Crippen molar-refractivity contribution in [3.05, 3.63) is 65.2 Å². The van der Waals surface area contributed by atoms with E-state index in [1.165, 1.54) is 0 Å². The van der Waals surface area contributed by atoms with Gasteiger partial charge in [0.25, 0.3) is 5.91 Å². The van der Waals surface area contributed by atoms with Crippen LogP contribution in [0.2, 0.25) is 0 Å². The van der Waals surface area contributed by atoms with Crippen LogP contribution in [0.1, 0.15) is 48.7 Å². The van der Waals surface area contributed by atoms with Crippen LogP contribution >= 0.6 is 0 Å². The van der Waals surface area contributed by atoms with Gasteiger partial charge in [-0.3, -0.25) is 4.79 Å². The SMILES string of the molecule is CC(C)(C)C1=NOC(CN2C(=O)c3ccccc3C#Cc3ccccc32)C1. The minimum Gasteiger partial charge on any atom is -0.390 e. The number of para-hydroxylation sites is 1. The third-order valence-electron chi connectivity index (χ3n) is 4.91. The minimum absolute atomic E-state index is 0.0367. The van der Waals surface area contributed by atoms with E-state index in [1.807, 2.05) is 48.5 Å². The molecule has 2 heterocycles. The number of oxime groups is 1. The van der Waals surface area contributed by atoms with Crippen LogP contribution in [-0.2, 0) is 4.84 Å². The van der Waals surface area contributed by atoms with Crippen LogP contribution in [-0.4, -0.2) is 24.3 Å². The van der Waals surface area contributed by atoms with Gasteiger partial charge in [-0.25, -0.2) is 0 Å². The Morgan fingerprint density at radius 3 is 2.48 bits per heavy atom. The molecule has 0 radical (unpaired) electrons. The van der Waals surface area contributed by atoms with Crippen molar-refractivity contribution in [3.8, 4) is 11.8 Å². The summed E-state index contributed by atoms with van der Waals surface area (Å²) < 4.78 is 0. The molecule has 2 aromatic carbocycles. The lowest BCUT2D eigenvalue weighted by atomic mass is 9.87. The second-order valence-corrected chi connectivity index (χ2v) is 7.95. The number of amides is 1. The molecule has 27 heavy (non-hydrogen) atoms. The highest BCUT2D eigenvalue weighted by molar-refractivity contribution is 6.09. The average Bonchev–Trinajstić information content (AvgIpc) is 3.13. The third kappa shape index (κ3) is 3.33. The molecule has 0 aliphatic carbocycles. The molecule has 0 bridgehead atoms. The van der Waals surface area contributed by atoms with Crippen molar-refractivity contribution in [2.45, 2.75) is 33.3 Å². The molecule has 136 valence electrons. The predicted octanol–water partition coefficient (Wildman–Crippen LogP) is 4.24. The number of hydrogen-bond donors (Lipinski definition) is 0. The summed E-state index contributed by atoms with van der Waals surface area (Å²) in [5.41, 5.74) is 4.02. The Kier molecular flexibility index (Phi) is 4.24. The summed E-state index contributed by atoms with van der Waals surface area (Å²) in [6, 6.07) is 15.3. The van der Waals surface area contributed by atoms with Crippen molar-refractivity contribution in [3.63, 3.8) is 0 Å². The first kappa shape index (κ1) is 17.4. The van der Waals surface area contributed by atoms with Gasteiger partial charge in [0.15, 0.2) is 6.10 Å². The fraction of sp³-hybridized carbons (Fsp3) is 0.304. The zero-order chi connectivity index (χ0) is 19.0. The average molecular weight is 358 g/mol. The van der Waals surface area contributed by atoms with E-state index in [-0.39, 0.29) is 17.4 Å². The Bertz CT molecular complexity index is 989. The first-order valence-corrected chi connectivity index (χ1v) is 9.18. The summed E-state index contributed by atoms with van der Waals surface area (Å²) in [6.45, 7) is 6.81. The lowest BCUT2D eigenvalue weighted by molar-refractivity contribution is 0.0816. The molecule has 1 unspecified atom stereocenters. The highest BCUT2D eigenvalue weighted by Gasteiger charge is 2.33. The molecule has 4 rings (SSSR count). The molecule has 1 atom stereocenters. The van der Waals surface area contributed by atoms with Crippen molar-refractivity contribution in [1.29, 1.82) is 0 Å². The van der Waals surface area contributed by atoms with Gasteiger partial charge in [-0.05, 0) is 24.3 Å². The molecule has 0 saturated heterocycles. The predicted molar refractivity (Wildman–Crippen MR) is 107 cm³/mol. The van der Waals surface area contributed by atoms with E-state index in [0.29, 0.717) is 12.1 Å². The van der Waals surface area contributed by atoms with Crippen molar-refractivity contribution in [1.82, 2.24) is 0 Å². The molecule has 0 spiro atoms. The van der Waals surface area contributed by atoms with Crippen LogP contribution in [0, 0.1) is 17.3 Å². The van der Waals surface area contributed by atoms with E-state index in [4.69, 9.17) is 4.84 Å². The number of nitrogens with zero attached hydrogens (tertiary/aromatic N) is 2. The van der Waals surface area contributed by atoms with Crippen molar-refractivity contribution < 1.29 is 9.63 Å². The minimum atomic E-state index is -0.157. The molecule has 0 fully saturated rings. The number of carbonyl (C=O) groups is 1. The quantitative estimate of drug-likeness (QED) is 0.754. The van der Waals surface area contributed by atoms with Gasteiger partial charge in [0.05, 0.1) is 23.5 Å². The van der Waals surface area contributed by atoms with Gasteiger partial charge in [-0.2, -0.15) is 0 Å². The second kappa shape index (κ2) is 6.59. The number of benzene rings is 2. The Morgan fingerprint density at radius 1 is 1.07 bits per heavy atom. The number of anilines is 1. The first-order chi connectivity index (χ1) is 12.9. The van der Waals surface area contributed by atoms with Crippen LogP contribution in [0.3, 0.4) is 0 Å². The monoisotopic (exact) mass is 358 g/mol. The fourth-order valence-corrected chi connectivity index (χ4v) is 3.34. The summed E-state index contributed by atoms with van der Waals surface area (Å²) in [5.74, 6) is 6.30. The smallest absolute Gasteiger partial charge is 0.259 e. The lowest BCUT2D eigenvalue weighted by Crippen LogP contribution is -2.39. The maximum Gasteiger partial charge on any atom is 0.259 e. The Labute approximate surface area is 159 Å². The topological polar surface area (TPSA) is 41.9 Å². The summed E-state index contributed by atoms with van der Waals surface area (Å²) >= 11 is 0. The van der Waals surface area contributed by atoms with Crippen LogP contribution in [0.4, 0.5) is 5.69 Å². The Morgan fingerprint density at radius 2 is 1.74 bits per heavy atom. The van der Waals surface area contributed by atoms with Crippen LogP contribution < -0.4 is 4.90 Å². The van der Waals surface area contributed by atoms with Gasteiger partial charge >= 0.3 is 0 Å².